The van der Waals surface area contributed by atoms with Crippen molar-refractivity contribution >= 4 is 5.91 Å². The number of carbonyl (C=O) groups excluding carboxylic acids is 1. The fourth-order valence-corrected chi connectivity index (χ4v) is 7.51. The summed E-state index contributed by atoms with van der Waals surface area (Å²) in [5, 5.41) is 0. The average Bonchev–Trinajstić information content (AvgIpc) is 2.73. The predicted octanol–water partition coefficient (Wildman–Crippen LogP) is 4.38. The van der Waals surface area contributed by atoms with Gasteiger partial charge >= 0.3 is 0 Å². The minimum Gasteiger partial charge on any atom is -0.339 e. The molecule has 0 spiro atoms. The van der Waals surface area contributed by atoms with E-state index in [0.29, 0.717) is 11.9 Å². The molecule has 2 heteroatoms. The zero-order chi connectivity index (χ0) is 14.7. The molecule has 0 aromatic rings. The molecule has 1 heterocycles. The van der Waals surface area contributed by atoms with Crippen molar-refractivity contribution in [1.29, 1.82) is 0 Å². The topological polar surface area (TPSA) is 20.3 Å². The van der Waals surface area contributed by atoms with Gasteiger partial charge in [-0.3, -0.25) is 4.79 Å². The van der Waals surface area contributed by atoms with Crippen LogP contribution in [0.3, 0.4) is 0 Å². The van der Waals surface area contributed by atoms with E-state index in [0.717, 1.165) is 30.2 Å². The number of hydrogen-bond acceptors (Lipinski definition) is 1. The minimum absolute atomic E-state index is 0.0932. The van der Waals surface area contributed by atoms with E-state index in [4.69, 9.17) is 0 Å². The van der Waals surface area contributed by atoms with Crippen LogP contribution in [0, 0.1) is 29.1 Å². The number of rotatable bonds is 1. The second kappa shape index (κ2) is 4.98. The van der Waals surface area contributed by atoms with E-state index in [-0.39, 0.29) is 5.41 Å². The molecule has 122 valence electrons. The summed E-state index contributed by atoms with van der Waals surface area (Å²) < 4.78 is 0. The van der Waals surface area contributed by atoms with E-state index in [1.54, 1.807) is 0 Å². The number of nitrogens with zero attached hydrogens (tertiary/aromatic N) is 1. The normalized spacial score (nSPS) is 50.0. The number of hydrogen-bond donors (Lipinski definition) is 0. The SMILES string of the molecule is O=C(N1CC[C@@H]2CCCCC[C@H]21)C12CC3CC(CC(C3)C1)C2. The molecule has 0 aromatic heterocycles. The van der Waals surface area contributed by atoms with Gasteiger partial charge in [0.1, 0.15) is 0 Å². The van der Waals surface area contributed by atoms with Crippen molar-refractivity contribution in [2.75, 3.05) is 6.54 Å². The Hall–Kier alpha value is -0.530. The zero-order valence-electron chi connectivity index (χ0n) is 13.9. The zero-order valence-corrected chi connectivity index (χ0v) is 13.9. The van der Waals surface area contributed by atoms with Crippen LogP contribution >= 0.6 is 0 Å². The summed E-state index contributed by atoms with van der Waals surface area (Å²) >= 11 is 0. The number of likely N-dealkylation sites (tertiary alicyclic amines) is 1. The number of carbonyl (C=O) groups is 1. The highest BCUT2D eigenvalue weighted by molar-refractivity contribution is 5.84. The third kappa shape index (κ3) is 2.01. The van der Waals surface area contributed by atoms with Crippen LogP contribution in [0.25, 0.3) is 0 Å². The first kappa shape index (κ1) is 13.9. The van der Waals surface area contributed by atoms with Crippen LogP contribution in [0.4, 0.5) is 0 Å². The highest BCUT2D eigenvalue weighted by Gasteiger charge is 2.56. The molecule has 6 fully saturated rings. The Kier molecular flexibility index (Phi) is 3.14. The van der Waals surface area contributed by atoms with Crippen molar-refractivity contribution in [2.45, 2.75) is 83.1 Å². The van der Waals surface area contributed by atoms with E-state index in [2.05, 4.69) is 4.90 Å². The predicted molar refractivity (Wildman–Crippen MR) is 87.3 cm³/mol. The summed E-state index contributed by atoms with van der Waals surface area (Å²) in [6.45, 7) is 1.08. The molecule has 6 aliphatic rings. The summed E-state index contributed by atoms with van der Waals surface area (Å²) in [6, 6.07) is 0.614. The van der Waals surface area contributed by atoms with Crippen LogP contribution in [0.15, 0.2) is 0 Å². The molecular formula is C20H31NO. The van der Waals surface area contributed by atoms with Gasteiger partial charge in [-0.15, -0.1) is 0 Å². The fraction of sp³-hybridized carbons (Fsp3) is 0.950. The molecular weight excluding hydrogens is 270 g/mol. The van der Waals surface area contributed by atoms with Crippen molar-refractivity contribution in [3.05, 3.63) is 0 Å². The van der Waals surface area contributed by atoms with E-state index >= 15 is 0 Å². The molecule has 5 aliphatic carbocycles. The van der Waals surface area contributed by atoms with E-state index in [1.807, 2.05) is 0 Å². The second-order valence-corrected chi connectivity index (χ2v) is 9.45. The van der Waals surface area contributed by atoms with Crippen LogP contribution < -0.4 is 0 Å². The maximum atomic E-state index is 13.6. The Balaban J connectivity index is 1.40. The molecule has 1 amide bonds. The minimum atomic E-state index is 0.0932. The molecule has 2 atom stereocenters. The Morgan fingerprint density at radius 2 is 1.45 bits per heavy atom. The van der Waals surface area contributed by atoms with Gasteiger partial charge in [0.15, 0.2) is 0 Å². The second-order valence-electron chi connectivity index (χ2n) is 9.45. The van der Waals surface area contributed by atoms with Gasteiger partial charge in [-0.1, -0.05) is 19.3 Å². The van der Waals surface area contributed by atoms with Gasteiger partial charge in [-0.2, -0.15) is 0 Å². The molecule has 0 aromatic carbocycles. The first-order valence-electron chi connectivity index (χ1n) is 10.0. The summed E-state index contributed by atoms with van der Waals surface area (Å²) in [5.41, 5.74) is 0.0932. The van der Waals surface area contributed by atoms with Crippen LogP contribution in [0.1, 0.15) is 77.0 Å². The van der Waals surface area contributed by atoms with Gasteiger partial charge in [-0.25, -0.2) is 0 Å². The van der Waals surface area contributed by atoms with Crippen molar-refractivity contribution < 1.29 is 4.79 Å². The Bertz CT molecular complexity index is 435. The molecule has 1 aliphatic heterocycles. The van der Waals surface area contributed by atoms with Gasteiger partial charge in [-0.05, 0) is 81.5 Å². The molecule has 6 rings (SSSR count). The lowest BCUT2D eigenvalue weighted by Gasteiger charge is -2.56. The number of fused-ring (bicyclic) bond motifs is 1. The molecule has 0 N–H and O–H groups in total. The van der Waals surface area contributed by atoms with Crippen LogP contribution in [0.2, 0.25) is 0 Å². The van der Waals surface area contributed by atoms with Gasteiger partial charge in [0.2, 0.25) is 5.91 Å². The summed E-state index contributed by atoms with van der Waals surface area (Å²) in [6.07, 6.45) is 16.2. The average molecular weight is 301 g/mol. The quantitative estimate of drug-likeness (QED) is 0.703. The Morgan fingerprint density at radius 1 is 0.818 bits per heavy atom. The van der Waals surface area contributed by atoms with Crippen molar-refractivity contribution in [2.24, 2.45) is 29.1 Å². The van der Waals surface area contributed by atoms with Crippen molar-refractivity contribution in [3.63, 3.8) is 0 Å². The van der Waals surface area contributed by atoms with Crippen LogP contribution in [-0.4, -0.2) is 23.4 Å². The maximum absolute atomic E-state index is 13.6. The highest BCUT2D eigenvalue weighted by atomic mass is 16.2. The number of amides is 1. The molecule has 2 nitrogen and oxygen atoms in total. The van der Waals surface area contributed by atoms with Gasteiger partial charge in [0, 0.05) is 12.6 Å². The lowest BCUT2D eigenvalue weighted by molar-refractivity contribution is -0.159. The third-order valence-corrected chi connectivity index (χ3v) is 8.01. The standard InChI is InChI=1S/C20H31NO/c22-19(21-7-6-17-4-2-1-3-5-18(17)21)20-11-14-8-15(12-20)10-16(9-14)13-20/h14-18H,1-13H2/t14?,15?,16?,17-,18+,20?/m0/s1. The highest BCUT2D eigenvalue weighted by Crippen LogP contribution is 2.61. The Morgan fingerprint density at radius 3 is 2.14 bits per heavy atom. The van der Waals surface area contributed by atoms with Gasteiger partial charge in [0.25, 0.3) is 0 Å². The van der Waals surface area contributed by atoms with Crippen LogP contribution in [0.5, 0.6) is 0 Å². The van der Waals surface area contributed by atoms with E-state index in [1.165, 1.54) is 77.0 Å². The first-order chi connectivity index (χ1) is 10.7. The van der Waals surface area contributed by atoms with Gasteiger partial charge in [0.05, 0.1) is 5.41 Å². The van der Waals surface area contributed by atoms with E-state index < -0.39 is 0 Å². The lowest BCUT2D eigenvalue weighted by Crippen LogP contribution is -2.55. The third-order valence-electron chi connectivity index (χ3n) is 8.01. The first-order valence-corrected chi connectivity index (χ1v) is 10.0. The molecule has 0 radical (unpaired) electrons. The maximum Gasteiger partial charge on any atom is 0.229 e. The summed E-state index contributed by atoms with van der Waals surface area (Å²) in [5.74, 6) is 4.12. The smallest absolute Gasteiger partial charge is 0.229 e. The van der Waals surface area contributed by atoms with Crippen LogP contribution in [-0.2, 0) is 4.79 Å². The summed E-state index contributed by atoms with van der Waals surface area (Å²) in [4.78, 5) is 16.0. The molecule has 5 saturated carbocycles. The van der Waals surface area contributed by atoms with Gasteiger partial charge < -0.3 is 4.90 Å². The van der Waals surface area contributed by atoms with Crippen molar-refractivity contribution in [3.8, 4) is 0 Å². The molecule has 4 bridgehead atoms. The summed E-state index contributed by atoms with van der Waals surface area (Å²) in [7, 11) is 0. The molecule has 0 unspecified atom stereocenters. The molecule has 1 saturated heterocycles. The van der Waals surface area contributed by atoms with Crippen molar-refractivity contribution in [1.82, 2.24) is 4.90 Å². The lowest BCUT2D eigenvalue weighted by atomic mass is 9.49. The molecule has 22 heavy (non-hydrogen) atoms. The fourth-order valence-electron chi connectivity index (χ4n) is 7.51. The Labute approximate surface area is 135 Å². The largest absolute Gasteiger partial charge is 0.339 e. The monoisotopic (exact) mass is 301 g/mol. The van der Waals surface area contributed by atoms with E-state index in [9.17, 15) is 4.79 Å².